The van der Waals surface area contributed by atoms with E-state index in [1.807, 2.05) is 0 Å². The Bertz CT molecular complexity index is 344. The van der Waals surface area contributed by atoms with Gasteiger partial charge in [0.1, 0.15) is 0 Å². The molecule has 2 rings (SSSR count). The van der Waals surface area contributed by atoms with Gasteiger partial charge in [-0.05, 0) is 24.9 Å². The van der Waals surface area contributed by atoms with E-state index in [0.717, 1.165) is 13.0 Å². The first-order chi connectivity index (χ1) is 9.28. The van der Waals surface area contributed by atoms with Gasteiger partial charge in [0, 0.05) is 38.8 Å². The Hall–Kier alpha value is -0.900. The molecule has 0 radical (unpaired) electrons. The summed E-state index contributed by atoms with van der Waals surface area (Å²) in [4.78, 5) is 5.07. The molecule has 3 nitrogen and oxygen atoms in total. The predicted molar refractivity (Wildman–Crippen MR) is 81.3 cm³/mol. The van der Waals surface area contributed by atoms with Crippen LogP contribution in [-0.2, 0) is 6.42 Å². The van der Waals surface area contributed by atoms with Crippen molar-refractivity contribution in [1.82, 2.24) is 9.80 Å². The van der Waals surface area contributed by atoms with Gasteiger partial charge in [0.15, 0.2) is 0 Å². The van der Waals surface area contributed by atoms with Gasteiger partial charge in [0.05, 0.1) is 0 Å². The van der Waals surface area contributed by atoms with Crippen LogP contribution in [0.3, 0.4) is 0 Å². The van der Waals surface area contributed by atoms with Crippen LogP contribution in [0, 0.1) is 0 Å². The summed E-state index contributed by atoms with van der Waals surface area (Å²) < 4.78 is 0. The molecular weight excluding hydrogens is 234 g/mol. The molecule has 0 saturated carbocycles. The van der Waals surface area contributed by atoms with E-state index in [4.69, 9.17) is 5.73 Å². The van der Waals surface area contributed by atoms with Crippen molar-refractivity contribution in [2.75, 3.05) is 39.3 Å². The number of benzene rings is 1. The van der Waals surface area contributed by atoms with Crippen LogP contribution in [0.5, 0.6) is 0 Å². The van der Waals surface area contributed by atoms with Crippen LogP contribution in [0.2, 0.25) is 0 Å². The largest absolute Gasteiger partial charge is 0.326 e. The molecule has 0 spiro atoms. The molecule has 19 heavy (non-hydrogen) atoms. The van der Waals surface area contributed by atoms with E-state index in [0.29, 0.717) is 0 Å². The third-order valence-corrected chi connectivity index (χ3v) is 3.84. The third-order valence-electron chi connectivity index (χ3n) is 3.84. The molecule has 1 aliphatic heterocycles. The number of hydrogen-bond acceptors (Lipinski definition) is 3. The van der Waals surface area contributed by atoms with Crippen LogP contribution in [-0.4, -0.2) is 55.1 Å². The topological polar surface area (TPSA) is 32.5 Å². The third kappa shape index (κ3) is 4.94. The minimum Gasteiger partial charge on any atom is -0.326 e. The van der Waals surface area contributed by atoms with E-state index in [2.05, 4.69) is 47.1 Å². The molecule has 106 valence electrons. The molecular formula is C16H27N3. The second-order valence-corrected chi connectivity index (χ2v) is 5.59. The fraction of sp³-hybridized carbons (Fsp3) is 0.625. The van der Waals surface area contributed by atoms with E-state index < -0.39 is 0 Å². The molecule has 3 heteroatoms. The molecule has 1 aliphatic rings. The molecule has 1 atom stereocenters. The van der Waals surface area contributed by atoms with E-state index in [1.54, 1.807) is 0 Å². The van der Waals surface area contributed by atoms with Gasteiger partial charge in [-0.1, -0.05) is 37.3 Å². The summed E-state index contributed by atoms with van der Waals surface area (Å²) in [5.41, 5.74) is 7.62. The van der Waals surface area contributed by atoms with Crippen molar-refractivity contribution in [3.05, 3.63) is 35.9 Å². The van der Waals surface area contributed by atoms with Crippen molar-refractivity contribution >= 4 is 0 Å². The van der Waals surface area contributed by atoms with Gasteiger partial charge in [0.25, 0.3) is 0 Å². The lowest BCUT2D eigenvalue weighted by atomic mass is 10.1. The van der Waals surface area contributed by atoms with Crippen LogP contribution in [0.1, 0.15) is 18.9 Å². The highest BCUT2D eigenvalue weighted by molar-refractivity contribution is 5.15. The summed E-state index contributed by atoms with van der Waals surface area (Å²) in [5, 5.41) is 0. The number of hydrogen-bond donors (Lipinski definition) is 1. The van der Waals surface area contributed by atoms with Gasteiger partial charge >= 0.3 is 0 Å². The van der Waals surface area contributed by atoms with Gasteiger partial charge in [-0.3, -0.25) is 4.90 Å². The second kappa shape index (κ2) is 7.63. The van der Waals surface area contributed by atoms with Crippen molar-refractivity contribution < 1.29 is 0 Å². The molecule has 0 bridgehead atoms. The summed E-state index contributed by atoms with van der Waals surface area (Å²) in [6.07, 6.45) is 2.24. The monoisotopic (exact) mass is 261 g/mol. The SMILES string of the molecule is CCCN1CCN(CC(N)Cc2ccccc2)CC1. The van der Waals surface area contributed by atoms with Crippen molar-refractivity contribution in [3.8, 4) is 0 Å². The zero-order chi connectivity index (χ0) is 13.5. The lowest BCUT2D eigenvalue weighted by molar-refractivity contribution is 0.127. The molecule has 2 N–H and O–H groups in total. The molecule has 1 heterocycles. The second-order valence-electron chi connectivity index (χ2n) is 5.59. The zero-order valence-corrected chi connectivity index (χ0v) is 12.1. The van der Waals surface area contributed by atoms with Gasteiger partial charge < -0.3 is 10.6 Å². The lowest BCUT2D eigenvalue weighted by Gasteiger charge is -2.35. The van der Waals surface area contributed by atoms with E-state index in [9.17, 15) is 0 Å². The Morgan fingerprint density at radius 3 is 2.32 bits per heavy atom. The Labute approximate surface area is 117 Å². The lowest BCUT2D eigenvalue weighted by Crippen LogP contribution is -2.50. The maximum absolute atomic E-state index is 6.27. The molecule has 1 saturated heterocycles. The molecule has 0 aliphatic carbocycles. The van der Waals surface area contributed by atoms with Gasteiger partial charge in [-0.25, -0.2) is 0 Å². The predicted octanol–water partition coefficient (Wildman–Crippen LogP) is 1.58. The maximum atomic E-state index is 6.27. The Balaban J connectivity index is 1.70. The molecule has 1 aromatic rings. The minimum atomic E-state index is 0.250. The van der Waals surface area contributed by atoms with Crippen molar-refractivity contribution in [2.24, 2.45) is 5.73 Å². The standard InChI is InChI=1S/C16H27N3/c1-2-8-18-9-11-19(12-10-18)14-16(17)13-15-6-4-3-5-7-15/h3-7,16H,2,8-14,17H2,1H3. The highest BCUT2D eigenvalue weighted by Gasteiger charge is 2.17. The molecule has 0 amide bonds. The molecule has 1 unspecified atom stereocenters. The average molecular weight is 261 g/mol. The first-order valence-corrected chi connectivity index (χ1v) is 7.52. The summed E-state index contributed by atoms with van der Waals surface area (Å²) >= 11 is 0. The first-order valence-electron chi connectivity index (χ1n) is 7.52. The van der Waals surface area contributed by atoms with E-state index >= 15 is 0 Å². The van der Waals surface area contributed by atoms with Crippen molar-refractivity contribution in [1.29, 1.82) is 0 Å². The Morgan fingerprint density at radius 1 is 1.05 bits per heavy atom. The fourth-order valence-electron chi connectivity index (χ4n) is 2.82. The summed E-state index contributed by atoms with van der Waals surface area (Å²) in [6, 6.07) is 10.8. The maximum Gasteiger partial charge on any atom is 0.0208 e. The average Bonchev–Trinajstić information content (AvgIpc) is 2.42. The van der Waals surface area contributed by atoms with Crippen LogP contribution >= 0.6 is 0 Å². The number of piperazine rings is 1. The molecule has 1 fully saturated rings. The Morgan fingerprint density at radius 2 is 1.68 bits per heavy atom. The van der Waals surface area contributed by atoms with E-state index in [-0.39, 0.29) is 6.04 Å². The Kier molecular flexibility index (Phi) is 5.83. The minimum absolute atomic E-state index is 0.250. The van der Waals surface area contributed by atoms with Crippen molar-refractivity contribution in [3.63, 3.8) is 0 Å². The molecule has 0 aromatic heterocycles. The van der Waals surface area contributed by atoms with Gasteiger partial charge in [-0.2, -0.15) is 0 Å². The smallest absolute Gasteiger partial charge is 0.0208 e. The van der Waals surface area contributed by atoms with Crippen molar-refractivity contribution in [2.45, 2.75) is 25.8 Å². The number of rotatable bonds is 6. The number of nitrogens with zero attached hydrogens (tertiary/aromatic N) is 2. The van der Waals surface area contributed by atoms with Gasteiger partial charge in [-0.15, -0.1) is 0 Å². The fourth-order valence-corrected chi connectivity index (χ4v) is 2.82. The van der Waals surface area contributed by atoms with Crippen LogP contribution in [0.15, 0.2) is 30.3 Å². The highest BCUT2D eigenvalue weighted by atomic mass is 15.3. The first kappa shape index (κ1) is 14.5. The zero-order valence-electron chi connectivity index (χ0n) is 12.1. The van der Waals surface area contributed by atoms with Crippen LogP contribution in [0.25, 0.3) is 0 Å². The highest BCUT2D eigenvalue weighted by Crippen LogP contribution is 2.06. The van der Waals surface area contributed by atoms with Crippen LogP contribution < -0.4 is 5.73 Å². The molecule has 1 aromatic carbocycles. The van der Waals surface area contributed by atoms with Crippen LogP contribution in [0.4, 0.5) is 0 Å². The summed E-state index contributed by atoms with van der Waals surface area (Å²) in [7, 11) is 0. The summed E-state index contributed by atoms with van der Waals surface area (Å²) in [5.74, 6) is 0. The quantitative estimate of drug-likeness (QED) is 0.844. The van der Waals surface area contributed by atoms with E-state index in [1.165, 1.54) is 44.7 Å². The number of nitrogens with two attached hydrogens (primary N) is 1. The normalized spacial score (nSPS) is 19.5. The van der Waals surface area contributed by atoms with Gasteiger partial charge in [0.2, 0.25) is 0 Å². The summed E-state index contributed by atoms with van der Waals surface area (Å²) in [6.45, 7) is 9.25.